The van der Waals surface area contributed by atoms with Crippen molar-refractivity contribution in [1.29, 1.82) is 0 Å². The maximum atomic E-state index is 11.8. The Morgan fingerprint density at radius 2 is 1.91 bits per heavy atom. The molecule has 2 aromatic carbocycles. The molecule has 6 nitrogen and oxygen atoms in total. The number of methoxy groups -OCH3 is 1. The van der Waals surface area contributed by atoms with Crippen LogP contribution in [0.2, 0.25) is 0 Å². The topological polar surface area (TPSA) is 87.7 Å². The molecule has 0 aliphatic heterocycles. The Kier molecular flexibility index (Phi) is 5.57. The fourth-order valence-electron chi connectivity index (χ4n) is 2.05. The quantitative estimate of drug-likeness (QED) is 0.765. The van der Waals surface area contributed by atoms with Crippen molar-refractivity contribution >= 4 is 17.7 Å². The molecule has 23 heavy (non-hydrogen) atoms. The molecule has 0 fully saturated rings. The number of carboxylic acids is 1. The number of nitrogens with one attached hydrogen (secondary N) is 2. The van der Waals surface area contributed by atoms with Gasteiger partial charge < -0.3 is 20.5 Å². The second kappa shape index (κ2) is 7.84. The van der Waals surface area contributed by atoms with Crippen LogP contribution in [0, 0.1) is 0 Å². The summed E-state index contributed by atoms with van der Waals surface area (Å²) in [5, 5.41) is 14.3. The van der Waals surface area contributed by atoms with Gasteiger partial charge in [0, 0.05) is 12.2 Å². The minimum absolute atomic E-state index is 0.124. The van der Waals surface area contributed by atoms with E-state index in [-0.39, 0.29) is 11.6 Å². The van der Waals surface area contributed by atoms with Crippen molar-refractivity contribution in [2.75, 3.05) is 19.0 Å². The Morgan fingerprint density at radius 1 is 1.13 bits per heavy atom. The third kappa shape index (κ3) is 5.03. The summed E-state index contributed by atoms with van der Waals surface area (Å²) in [6.45, 7) is 0.456. The van der Waals surface area contributed by atoms with Crippen molar-refractivity contribution in [3.8, 4) is 5.75 Å². The number of carbonyl (C=O) groups is 2. The lowest BCUT2D eigenvalue weighted by Gasteiger charge is -2.09. The van der Waals surface area contributed by atoms with Crippen molar-refractivity contribution in [2.45, 2.75) is 6.42 Å². The molecule has 0 aromatic heterocycles. The first kappa shape index (κ1) is 16.4. The molecule has 2 amide bonds. The number of ether oxygens (including phenoxy) is 1. The van der Waals surface area contributed by atoms with Gasteiger partial charge in [-0.3, -0.25) is 0 Å². The molecule has 2 aromatic rings. The molecule has 0 radical (unpaired) electrons. The van der Waals surface area contributed by atoms with Gasteiger partial charge in [0.1, 0.15) is 5.75 Å². The van der Waals surface area contributed by atoms with Crippen molar-refractivity contribution in [2.24, 2.45) is 0 Å². The molecule has 2 rings (SSSR count). The predicted octanol–water partition coefficient (Wildman–Crippen LogP) is 2.76. The fraction of sp³-hybridized carbons (Fsp3) is 0.176. The Hall–Kier alpha value is -3.02. The van der Waals surface area contributed by atoms with Gasteiger partial charge in [0.05, 0.1) is 12.7 Å². The molecule has 0 unspecified atom stereocenters. The molecule has 0 spiro atoms. The highest BCUT2D eigenvalue weighted by Gasteiger charge is 2.06. The predicted molar refractivity (Wildman–Crippen MR) is 87.1 cm³/mol. The first-order chi connectivity index (χ1) is 11.1. The Balaban J connectivity index is 1.83. The lowest BCUT2D eigenvalue weighted by Crippen LogP contribution is -2.30. The van der Waals surface area contributed by atoms with E-state index in [1.54, 1.807) is 19.2 Å². The average Bonchev–Trinajstić information content (AvgIpc) is 2.55. The molecule has 0 saturated carbocycles. The second-order valence-electron chi connectivity index (χ2n) is 4.87. The number of carboxylic acid groups (broad SMARTS) is 1. The standard InChI is InChI=1S/C17H18N2O4/c1-23-15-7-2-4-12(10-15)8-9-18-17(22)19-14-6-3-5-13(11-14)16(20)21/h2-7,10-11H,8-9H2,1H3,(H,20,21)(H2,18,19,22). The maximum absolute atomic E-state index is 11.8. The first-order valence-corrected chi connectivity index (χ1v) is 7.09. The van der Waals surface area contributed by atoms with Crippen LogP contribution in [-0.4, -0.2) is 30.8 Å². The molecule has 0 atom stereocenters. The van der Waals surface area contributed by atoms with E-state index in [1.807, 2.05) is 24.3 Å². The van der Waals surface area contributed by atoms with Crippen molar-refractivity contribution in [3.05, 3.63) is 59.7 Å². The van der Waals surface area contributed by atoms with Gasteiger partial charge in [0.25, 0.3) is 0 Å². The van der Waals surface area contributed by atoms with Crippen LogP contribution in [0.3, 0.4) is 0 Å². The lowest BCUT2D eigenvalue weighted by molar-refractivity contribution is 0.0697. The van der Waals surface area contributed by atoms with E-state index in [0.717, 1.165) is 11.3 Å². The molecular formula is C17H18N2O4. The van der Waals surface area contributed by atoms with E-state index in [9.17, 15) is 9.59 Å². The van der Waals surface area contributed by atoms with E-state index < -0.39 is 5.97 Å². The van der Waals surface area contributed by atoms with Gasteiger partial charge in [0.2, 0.25) is 0 Å². The summed E-state index contributed by atoms with van der Waals surface area (Å²) in [4.78, 5) is 22.7. The Morgan fingerprint density at radius 3 is 2.65 bits per heavy atom. The summed E-state index contributed by atoms with van der Waals surface area (Å²) in [6.07, 6.45) is 0.666. The van der Waals surface area contributed by atoms with Gasteiger partial charge in [-0.05, 0) is 42.3 Å². The molecule has 3 N–H and O–H groups in total. The average molecular weight is 314 g/mol. The number of benzene rings is 2. The van der Waals surface area contributed by atoms with E-state index in [0.29, 0.717) is 18.7 Å². The van der Waals surface area contributed by atoms with Crippen LogP contribution in [0.4, 0.5) is 10.5 Å². The number of rotatable bonds is 6. The van der Waals surface area contributed by atoms with Crippen LogP contribution < -0.4 is 15.4 Å². The Bertz CT molecular complexity index is 700. The SMILES string of the molecule is COc1cccc(CCNC(=O)Nc2cccc(C(=O)O)c2)c1. The highest BCUT2D eigenvalue weighted by atomic mass is 16.5. The van der Waals surface area contributed by atoms with Crippen molar-refractivity contribution < 1.29 is 19.4 Å². The summed E-state index contributed by atoms with van der Waals surface area (Å²) < 4.78 is 5.14. The zero-order valence-corrected chi connectivity index (χ0v) is 12.7. The zero-order chi connectivity index (χ0) is 16.7. The second-order valence-corrected chi connectivity index (χ2v) is 4.87. The van der Waals surface area contributed by atoms with Gasteiger partial charge in [-0.15, -0.1) is 0 Å². The molecule has 0 aliphatic carbocycles. The molecule has 6 heteroatoms. The van der Waals surface area contributed by atoms with Crippen LogP contribution in [0.1, 0.15) is 15.9 Å². The summed E-state index contributed by atoms with van der Waals surface area (Å²) >= 11 is 0. The van der Waals surface area contributed by atoms with Crippen LogP contribution in [0.25, 0.3) is 0 Å². The van der Waals surface area contributed by atoms with Crippen LogP contribution in [-0.2, 0) is 6.42 Å². The fourth-order valence-corrected chi connectivity index (χ4v) is 2.05. The van der Waals surface area contributed by atoms with Gasteiger partial charge in [0.15, 0.2) is 0 Å². The van der Waals surface area contributed by atoms with Crippen LogP contribution >= 0.6 is 0 Å². The molecular weight excluding hydrogens is 296 g/mol. The van der Waals surface area contributed by atoms with Gasteiger partial charge in [-0.1, -0.05) is 18.2 Å². The number of hydrogen-bond donors (Lipinski definition) is 3. The summed E-state index contributed by atoms with van der Waals surface area (Å²) in [7, 11) is 1.61. The summed E-state index contributed by atoms with van der Waals surface area (Å²) in [5.74, 6) is -0.260. The molecule has 0 saturated heterocycles. The van der Waals surface area contributed by atoms with E-state index in [2.05, 4.69) is 10.6 Å². The maximum Gasteiger partial charge on any atom is 0.335 e. The number of anilines is 1. The first-order valence-electron chi connectivity index (χ1n) is 7.09. The zero-order valence-electron chi connectivity index (χ0n) is 12.7. The van der Waals surface area contributed by atoms with Crippen LogP contribution in [0.15, 0.2) is 48.5 Å². The molecule has 0 aliphatic rings. The highest BCUT2D eigenvalue weighted by molar-refractivity contribution is 5.93. The van der Waals surface area contributed by atoms with Crippen molar-refractivity contribution in [1.82, 2.24) is 5.32 Å². The number of amides is 2. The summed E-state index contributed by atoms with van der Waals surface area (Å²) in [5.41, 5.74) is 1.61. The third-order valence-electron chi connectivity index (χ3n) is 3.20. The van der Waals surface area contributed by atoms with E-state index in [4.69, 9.17) is 9.84 Å². The smallest absolute Gasteiger partial charge is 0.335 e. The number of hydrogen-bond acceptors (Lipinski definition) is 3. The van der Waals surface area contributed by atoms with Gasteiger partial charge in [-0.2, -0.15) is 0 Å². The van der Waals surface area contributed by atoms with E-state index >= 15 is 0 Å². The lowest BCUT2D eigenvalue weighted by atomic mass is 10.1. The minimum atomic E-state index is -1.04. The molecule has 0 bridgehead atoms. The van der Waals surface area contributed by atoms with Crippen LogP contribution in [0.5, 0.6) is 5.75 Å². The largest absolute Gasteiger partial charge is 0.497 e. The summed E-state index contributed by atoms with van der Waals surface area (Å²) in [6, 6.07) is 13.3. The van der Waals surface area contributed by atoms with Crippen molar-refractivity contribution in [3.63, 3.8) is 0 Å². The van der Waals surface area contributed by atoms with E-state index in [1.165, 1.54) is 12.1 Å². The normalized spacial score (nSPS) is 9.96. The Labute approximate surface area is 134 Å². The molecule has 120 valence electrons. The molecule has 0 heterocycles. The monoisotopic (exact) mass is 314 g/mol. The number of urea groups is 1. The highest BCUT2D eigenvalue weighted by Crippen LogP contribution is 2.13. The minimum Gasteiger partial charge on any atom is -0.497 e. The van der Waals surface area contributed by atoms with Gasteiger partial charge >= 0.3 is 12.0 Å². The number of carbonyl (C=O) groups excluding carboxylic acids is 1. The van der Waals surface area contributed by atoms with Gasteiger partial charge in [-0.25, -0.2) is 9.59 Å². The number of aromatic carboxylic acids is 1. The third-order valence-corrected chi connectivity index (χ3v) is 3.20.